The molecule has 0 saturated carbocycles. The summed E-state index contributed by atoms with van der Waals surface area (Å²) in [5, 5.41) is 1.36. The summed E-state index contributed by atoms with van der Waals surface area (Å²) >= 11 is 0. The van der Waals surface area contributed by atoms with Crippen LogP contribution in [0.2, 0.25) is 0 Å². The molecule has 2 rings (SSSR count). The lowest BCUT2D eigenvalue weighted by molar-refractivity contribution is -0.208. The number of benzene rings is 1. The molecule has 1 heterocycles. The van der Waals surface area contributed by atoms with Crippen LogP contribution in [0, 0.1) is 0 Å². The molecule has 0 saturated heterocycles. The molecule has 0 aliphatic carbocycles. The van der Waals surface area contributed by atoms with Gasteiger partial charge in [0, 0.05) is 18.2 Å². The Balaban J connectivity index is 1.96. The van der Waals surface area contributed by atoms with Gasteiger partial charge in [0.25, 0.3) is 5.91 Å². The summed E-state index contributed by atoms with van der Waals surface area (Å²) in [5.41, 5.74) is 1.55. The predicted octanol–water partition coefficient (Wildman–Crippen LogP) is 3.30. The first-order chi connectivity index (χ1) is 9.29. The van der Waals surface area contributed by atoms with Crippen LogP contribution >= 0.6 is 0 Å². The van der Waals surface area contributed by atoms with E-state index in [1.54, 1.807) is 7.11 Å². The molecule has 0 spiro atoms. The number of hydrogen-bond acceptors (Lipinski definition) is 3. The fourth-order valence-corrected chi connectivity index (χ4v) is 2.30. The summed E-state index contributed by atoms with van der Waals surface area (Å²) in [6, 6.07) is 7.48. The highest BCUT2D eigenvalue weighted by molar-refractivity contribution is 5.98. The lowest BCUT2D eigenvalue weighted by Gasteiger charge is -2.22. The van der Waals surface area contributed by atoms with Crippen LogP contribution in [0.25, 0.3) is 0 Å². The molecule has 4 nitrogen and oxygen atoms in total. The lowest BCUT2D eigenvalue weighted by Crippen LogP contribution is -2.29. The van der Waals surface area contributed by atoms with Crippen molar-refractivity contribution in [2.75, 3.05) is 13.7 Å². The minimum atomic E-state index is -0.421. The van der Waals surface area contributed by atoms with Gasteiger partial charge in [-0.2, -0.15) is 5.06 Å². The zero-order valence-corrected chi connectivity index (χ0v) is 11.6. The third-order valence-electron chi connectivity index (χ3n) is 3.32. The zero-order chi connectivity index (χ0) is 13.7. The highest BCUT2D eigenvalue weighted by Crippen LogP contribution is 2.33. The van der Waals surface area contributed by atoms with E-state index in [0.717, 1.165) is 18.4 Å². The van der Waals surface area contributed by atoms with Gasteiger partial charge in [-0.05, 0) is 12.5 Å². The maximum absolute atomic E-state index is 12.2. The van der Waals surface area contributed by atoms with Crippen LogP contribution in [0.3, 0.4) is 0 Å². The number of ether oxygens (including phenoxy) is 1. The number of carbonyl (C=O) groups is 1. The molecule has 0 fully saturated rings. The van der Waals surface area contributed by atoms with E-state index < -0.39 is 6.23 Å². The summed E-state index contributed by atoms with van der Waals surface area (Å²) < 4.78 is 5.38. The molecular formula is C15H21NO3. The van der Waals surface area contributed by atoms with Gasteiger partial charge in [0.1, 0.15) is 0 Å². The second kappa shape index (κ2) is 6.68. The molecule has 19 heavy (non-hydrogen) atoms. The Labute approximate surface area is 114 Å². The highest BCUT2D eigenvalue weighted by atomic mass is 16.7. The van der Waals surface area contributed by atoms with Gasteiger partial charge in [0.2, 0.25) is 0 Å². The summed E-state index contributed by atoms with van der Waals surface area (Å²) in [4.78, 5) is 17.8. The van der Waals surface area contributed by atoms with Crippen molar-refractivity contribution >= 4 is 5.91 Å². The van der Waals surface area contributed by atoms with Crippen LogP contribution in [-0.2, 0) is 9.57 Å². The van der Waals surface area contributed by atoms with Gasteiger partial charge in [0.05, 0.1) is 6.61 Å². The largest absolute Gasteiger partial charge is 0.355 e. The van der Waals surface area contributed by atoms with Crippen molar-refractivity contribution in [3.05, 3.63) is 35.4 Å². The second-order valence-corrected chi connectivity index (χ2v) is 4.70. The molecule has 1 aromatic rings. The van der Waals surface area contributed by atoms with E-state index in [2.05, 4.69) is 6.92 Å². The van der Waals surface area contributed by atoms with E-state index in [4.69, 9.17) is 9.57 Å². The van der Waals surface area contributed by atoms with Crippen LogP contribution in [0.5, 0.6) is 0 Å². The van der Waals surface area contributed by atoms with Crippen LogP contribution in [0.1, 0.15) is 54.8 Å². The normalized spacial score (nSPS) is 17.9. The number of hydroxylamine groups is 2. The van der Waals surface area contributed by atoms with Crippen LogP contribution in [0.15, 0.2) is 24.3 Å². The van der Waals surface area contributed by atoms with Gasteiger partial charge in [-0.15, -0.1) is 0 Å². The quantitative estimate of drug-likeness (QED) is 0.708. The van der Waals surface area contributed by atoms with Gasteiger partial charge in [0.15, 0.2) is 6.23 Å². The van der Waals surface area contributed by atoms with Crippen LogP contribution < -0.4 is 0 Å². The molecule has 1 aliphatic heterocycles. The number of hydrogen-bond donors (Lipinski definition) is 0. The Bertz CT molecular complexity index is 433. The first-order valence-corrected chi connectivity index (χ1v) is 6.87. The van der Waals surface area contributed by atoms with E-state index in [1.807, 2.05) is 24.3 Å². The van der Waals surface area contributed by atoms with Crippen molar-refractivity contribution in [3.63, 3.8) is 0 Å². The molecule has 1 unspecified atom stereocenters. The molecular weight excluding hydrogens is 242 g/mol. The van der Waals surface area contributed by atoms with E-state index in [-0.39, 0.29) is 5.91 Å². The van der Waals surface area contributed by atoms with E-state index in [1.165, 1.54) is 17.9 Å². The van der Waals surface area contributed by atoms with Crippen molar-refractivity contribution in [1.82, 2.24) is 5.06 Å². The monoisotopic (exact) mass is 263 g/mol. The maximum Gasteiger partial charge on any atom is 0.280 e. The van der Waals surface area contributed by atoms with Gasteiger partial charge in [-0.3, -0.25) is 9.63 Å². The van der Waals surface area contributed by atoms with E-state index in [9.17, 15) is 4.79 Å². The minimum Gasteiger partial charge on any atom is -0.355 e. The van der Waals surface area contributed by atoms with E-state index >= 15 is 0 Å². The van der Waals surface area contributed by atoms with Crippen molar-refractivity contribution in [3.8, 4) is 0 Å². The standard InChI is InChI=1S/C15H21NO3/c1-3-4-5-8-11-19-16-14(17)12-9-6-7-10-13(12)15(16)18-2/h6-7,9-10,15H,3-5,8,11H2,1-2H3. The lowest BCUT2D eigenvalue weighted by atomic mass is 10.1. The molecule has 0 N–H and O–H groups in total. The van der Waals surface area contributed by atoms with Gasteiger partial charge < -0.3 is 4.74 Å². The molecule has 0 radical (unpaired) electrons. The fraction of sp³-hybridized carbons (Fsp3) is 0.533. The number of unbranched alkanes of at least 4 members (excludes halogenated alkanes) is 3. The fourth-order valence-electron chi connectivity index (χ4n) is 2.30. The van der Waals surface area contributed by atoms with Crippen molar-refractivity contribution in [2.45, 2.75) is 38.8 Å². The number of fused-ring (bicyclic) bond motifs is 1. The summed E-state index contributed by atoms with van der Waals surface area (Å²) in [5.74, 6) is -0.113. The Kier molecular flexibility index (Phi) is 4.93. The summed E-state index contributed by atoms with van der Waals surface area (Å²) in [6.45, 7) is 2.72. The van der Waals surface area contributed by atoms with Gasteiger partial charge in [-0.25, -0.2) is 0 Å². The predicted molar refractivity (Wildman–Crippen MR) is 72.5 cm³/mol. The van der Waals surface area contributed by atoms with Gasteiger partial charge >= 0.3 is 0 Å². The first-order valence-electron chi connectivity index (χ1n) is 6.87. The smallest absolute Gasteiger partial charge is 0.280 e. The Hall–Kier alpha value is -1.39. The average molecular weight is 263 g/mol. The Morgan fingerprint density at radius 2 is 2.00 bits per heavy atom. The molecule has 1 aromatic carbocycles. The molecule has 1 amide bonds. The second-order valence-electron chi connectivity index (χ2n) is 4.70. The Morgan fingerprint density at radius 3 is 2.74 bits per heavy atom. The molecule has 104 valence electrons. The SMILES string of the molecule is CCCCCCON1C(=O)c2ccccc2C1OC. The highest BCUT2D eigenvalue weighted by Gasteiger charge is 2.37. The molecule has 0 aromatic heterocycles. The van der Waals surface area contributed by atoms with Crippen LogP contribution in [-0.4, -0.2) is 24.7 Å². The zero-order valence-electron chi connectivity index (χ0n) is 11.6. The number of methoxy groups -OCH3 is 1. The third-order valence-corrected chi connectivity index (χ3v) is 3.32. The number of nitrogens with zero attached hydrogens (tertiary/aromatic N) is 1. The summed E-state index contributed by atoms with van der Waals surface area (Å²) in [7, 11) is 1.59. The van der Waals surface area contributed by atoms with Crippen molar-refractivity contribution in [2.24, 2.45) is 0 Å². The van der Waals surface area contributed by atoms with E-state index in [0.29, 0.717) is 12.2 Å². The molecule has 0 bridgehead atoms. The number of carbonyl (C=O) groups excluding carboxylic acids is 1. The average Bonchev–Trinajstić information content (AvgIpc) is 2.72. The molecule has 1 aliphatic rings. The molecule has 1 atom stereocenters. The minimum absolute atomic E-state index is 0.113. The van der Waals surface area contributed by atoms with Crippen molar-refractivity contribution < 1.29 is 14.4 Å². The Morgan fingerprint density at radius 1 is 1.21 bits per heavy atom. The topological polar surface area (TPSA) is 38.8 Å². The number of rotatable bonds is 7. The number of amides is 1. The first kappa shape index (κ1) is 14.0. The van der Waals surface area contributed by atoms with Crippen molar-refractivity contribution in [1.29, 1.82) is 0 Å². The summed E-state index contributed by atoms with van der Waals surface area (Å²) in [6.07, 6.45) is 4.06. The van der Waals surface area contributed by atoms with Crippen LogP contribution in [0.4, 0.5) is 0 Å². The van der Waals surface area contributed by atoms with Gasteiger partial charge in [-0.1, -0.05) is 44.4 Å². The third kappa shape index (κ3) is 2.96. The molecule has 4 heteroatoms. The maximum atomic E-state index is 12.2.